The first-order valence-corrected chi connectivity index (χ1v) is 3.21. The standard InChI is InChI=1S/C6H12N2O.ClH/c1-8-4-2-6(7-9)3-5-8;/h9H,2-5H2,1H3;1H. The zero-order valence-corrected chi connectivity index (χ0v) is 6.89. The second kappa shape index (κ2) is 4.52. The maximum Gasteiger partial charge on any atom is 0.0596 e. The smallest absolute Gasteiger partial charge is 0.0596 e. The van der Waals surface area contributed by atoms with Crippen LogP contribution >= 0.6 is 12.4 Å². The Labute approximate surface area is 67.1 Å². The number of rotatable bonds is 0. The van der Waals surface area contributed by atoms with Gasteiger partial charge in [0.2, 0.25) is 0 Å². The Hall–Kier alpha value is -0.280. The summed E-state index contributed by atoms with van der Waals surface area (Å²) < 4.78 is 0. The van der Waals surface area contributed by atoms with Crippen LogP contribution in [0, 0.1) is 0 Å². The number of nitrogens with zero attached hydrogens (tertiary/aromatic N) is 2. The Morgan fingerprint density at radius 1 is 1.40 bits per heavy atom. The molecule has 0 spiro atoms. The molecule has 4 heteroatoms. The Bertz CT molecular complexity index is 117. The van der Waals surface area contributed by atoms with E-state index in [9.17, 15) is 0 Å². The van der Waals surface area contributed by atoms with Crippen LogP contribution in [0.3, 0.4) is 0 Å². The highest BCUT2D eigenvalue weighted by molar-refractivity contribution is 5.85. The number of hydrogen-bond donors (Lipinski definition) is 1. The van der Waals surface area contributed by atoms with Crippen molar-refractivity contribution in [2.45, 2.75) is 12.8 Å². The fourth-order valence-corrected chi connectivity index (χ4v) is 0.977. The van der Waals surface area contributed by atoms with Crippen LogP contribution in [-0.2, 0) is 0 Å². The molecule has 1 N–H and O–H groups in total. The summed E-state index contributed by atoms with van der Waals surface area (Å²) in [6.45, 7) is 2.05. The van der Waals surface area contributed by atoms with Crippen molar-refractivity contribution in [1.29, 1.82) is 0 Å². The van der Waals surface area contributed by atoms with E-state index in [2.05, 4.69) is 17.1 Å². The summed E-state index contributed by atoms with van der Waals surface area (Å²) in [5.74, 6) is 0. The highest BCUT2D eigenvalue weighted by Gasteiger charge is 2.10. The molecule has 1 aliphatic heterocycles. The average Bonchev–Trinajstić information content (AvgIpc) is 1.90. The Kier molecular flexibility index (Phi) is 4.40. The Balaban J connectivity index is 0.000000810. The molecule has 0 bridgehead atoms. The van der Waals surface area contributed by atoms with Crippen molar-refractivity contribution >= 4 is 18.1 Å². The third-order valence-corrected chi connectivity index (χ3v) is 1.71. The van der Waals surface area contributed by atoms with E-state index in [4.69, 9.17) is 5.21 Å². The van der Waals surface area contributed by atoms with Crippen molar-refractivity contribution in [1.82, 2.24) is 4.90 Å². The number of oxime groups is 1. The first-order chi connectivity index (χ1) is 4.33. The molecule has 0 aliphatic carbocycles. The molecule has 1 fully saturated rings. The van der Waals surface area contributed by atoms with E-state index in [0.29, 0.717) is 0 Å². The van der Waals surface area contributed by atoms with E-state index in [-0.39, 0.29) is 12.4 Å². The SMILES string of the molecule is CN1CCC(=NO)CC1.Cl. The largest absolute Gasteiger partial charge is 0.411 e. The summed E-state index contributed by atoms with van der Waals surface area (Å²) in [5, 5.41) is 11.5. The molecule has 0 unspecified atom stereocenters. The zero-order valence-electron chi connectivity index (χ0n) is 6.08. The molecule has 10 heavy (non-hydrogen) atoms. The quantitative estimate of drug-likeness (QED) is 0.428. The van der Waals surface area contributed by atoms with Crippen molar-refractivity contribution < 1.29 is 5.21 Å². The van der Waals surface area contributed by atoms with Crippen molar-refractivity contribution in [3.8, 4) is 0 Å². The maximum atomic E-state index is 8.35. The number of piperidine rings is 1. The lowest BCUT2D eigenvalue weighted by Crippen LogP contribution is -2.30. The molecule has 1 aliphatic rings. The fourth-order valence-electron chi connectivity index (χ4n) is 0.977. The van der Waals surface area contributed by atoms with Gasteiger partial charge in [-0.05, 0) is 7.05 Å². The van der Waals surface area contributed by atoms with Crippen LogP contribution in [0.15, 0.2) is 5.16 Å². The molecule has 0 aromatic carbocycles. The highest BCUT2D eigenvalue weighted by atomic mass is 35.5. The molecule has 0 aromatic heterocycles. The van der Waals surface area contributed by atoms with Gasteiger partial charge in [-0.2, -0.15) is 0 Å². The topological polar surface area (TPSA) is 35.8 Å². The van der Waals surface area contributed by atoms with E-state index in [1.165, 1.54) is 0 Å². The van der Waals surface area contributed by atoms with Crippen LogP contribution in [0.25, 0.3) is 0 Å². The summed E-state index contributed by atoms with van der Waals surface area (Å²) in [6, 6.07) is 0. The van der Waals surface area contributed by atoms with Crippen molar-refractivity contribution in [2.75, 3.05) is 20.1 Å². The first kappa shape index (κ1) is 9.72. The predicted molar refractivity (Wildman–Crippen MR) is 43.2 cm³/mol. The normalized spacial score (nSPS) is 19.9. The monoisotopic (exact) mass is 164 g/mol. The molecule has 1 saturated heterocycles. The lowest BCUT2D eigenvalue weighted by Gasteiger charge is -2.21. The minimum atomic E-state index is 0. The summed E-state index contributed by atoms with van der Waals surface area (Å²) >= 11 is 0. The fraction of sp³-hybridized carbons (Fsp3) is 0.833. The van der Waals surface area contributed by atoms with Crippen LogP contribution in [0.2, 0.25) is 0 Å². The Morgan fingerprint density at radius 3 is 2.30 bits per heavy atom. The van der Waals surface area contributed by atoms with Gasteiger partial charge in [0.05, 0.1) is 5.71 Å². The van der Waals surface area contributed by atoms with Gasteiger partial charge >= 0.3 is 0 Å². The maximum absolute atomic E-state index is 8.35. The summed E-state index contributed by atoms with van der Waals surface area (Å²) in [6.07, 6.45) is 1.85. The minimum Gasteiger partial charge on any atom is -0.411 e. The van der Waals surface area contributed by atoms with E-state index < -0.39 is 0 Å². The lowest BCUT2D eigenvalue weighted by atomic mass is 10.1. The summed E-state index contributed by atoms with van der Waals surface area (Å²) in [4.78, 5) is 2.23. The van der Waals surface area contributed by atoms with Crippen molar-refractivity contribution in [3.05, 3.63) is 0 Å². The molecule has 1 rings (SSSR count). The van der Waals surface area contributed by atoms with Crippen LogP contribution in [-0.4, -0.2) is 36.0 Å². The first-order valence-electron chi connectivity index (χ1n) is 3.21. The second-order valence-electron chi connectivity index (χ2n) is 2.47. The molecule has 0 radical (unpaired) electrons. The third kappa shape index (κ3) is 2.54. The predicted octanol–water partition coefficient (Wildman–Crippen LogP) is 0.964. The molecule has 1 heterocycles. The minimum absolute atomic E-state index is 0. The second-order valence-corrected chi connectivity index (χ2v) is 2.47. The van der Waals surface area contributed by atoms with Crippen LogP contribution < -0.4 is 0 Å². The summed E-state index contributed by atoms with van der Waals surface area (Å²) in [5.41, 5.74) is 0.938. The Morgan fingerprint density at radius 2 is 1.90 bits per heavy atom. The number of halogens is 1. The average molecular weight is 165 g/mol. The third-order valence-electron chi connectivity index (χ3n) is 1.71. The van der Waals surface area contributed by atoms with E-state index in [1.807, 2.05) is 0 Å². The molecule has 0 atom stereocenters. The van der Waals surface area contributed by atoms with Gasteiger partial charge in [-0.25, -0.2) is 0 Å². The molecular formula is C6H13ClN2O. The van der Waals surface area contributed by atoms with Gasteiger partial charge in [0.1, 0.15) is 0 Å². The summed E-state index contributed by atoms with van der Waals surface area (Å²) in [7, 11) is 2.08. The van der Waals surface area contributed by atoms with Crippen LogP contribution in [0.4, 0.5) is 0 Å². The molecule has 0 saturated carbocycles. The van der Waals surface area contributed by atoms with Crippen molar-refractivity contribution in [2.24, 2.45) is 5.16 Å². The number of likely N-dealkylation sites (tertiary alicyclic amines) is 1. The molecule has 3 nitrogen and oxygen atoms in total. The van der Waals surface area contributed by atoms with Gasteiger partial charge in [0.25, 0.3) is 0 Å². The van der Waals surface area contributed by atoms with Crippen molar-refractivity contribution in [3.63, 3.8) is 0 Å². The number of hydrogen-bond acceptors (Lipinski definition) is 3. The molecule has 0 amide bonds. The molecule has 0 aromatic rings. The van der Waals surface area contributed by atoms with Gasteiger partial charge in [0, 0.05) is 25.9 Å². The van der Waals surface area contributed by atoms with Gasteiger partial charge in [-0.15, -0.1) is 12.4 Å². The lowest BCUT2D eigenvalue weighted by molar-refractivity contribution is 0.297. The molecule has 60 valence electrons. The zero-order chi connectivity index (χ0) is 6.69. The van der Waals surface area contributed by atoms with E-state index in [0.717, 1.165) is 31.6 Å². The van der Waals surface area contributed by atoms with Gasteiger partial charge in [-0.1, -0.05) is 5.16 Å². The molecular weight excluding hydrogens is 152 g/mol. The van der Waals surface area contributed by atoms with Gasteiger partial charge < -0.3 is 10.1 Å². The van der Waals surface area contributed by atoms with Gasteiger partial charge in [-0.3, -0.25) is 0 Å². The van der Waals surface area contributed by atoms with Crippen LogP contribution in [0.1, 0.15) is 12.8 Å². The highest BCUT2D eigenvalue weighted by Crippen LogP contribution is 2.03. The van der Waals surface area contributed by atoms with Crippen LogP contribution in [0.5, 0.6) is 0 Å². The van der Waals surface area contributed by atoms with E-state index >= 15 is 0 Å². The van der Waals surface area contributed by atoms with Gasteiger partial charge in [0.15, 0.2) is 0 Å². The van der Waals surface area contributed by atoms with E-state index in [1.54, 1.807) is 0 Å².